The fourth-order valence-electron chi connectivity index (χ4n) is 2.54. The van der Waals surface area contributed by atoms with E-state index in [0.717, 1.165) is 33.3 Å². The monoisotopic (exact) mass is 271 g/mol. The van der Waals surface area contributed by atoms with Crippen molar-refractivity contribution < 1.29 is 0 Å². The average Bonchev–Trinajstić information content (AvgIpc) is 2.55. The van der Waals surface area contributed by atoms with E-state index in [-0.39, 0.29) is 0 Å². The van der Waals surface area contributed by atoms with Crippen molar-refractivity contribution in [3.8, 4) is 0 Å². The molecule has 1 N–H and O–H groups in total. The lowest BCUT2D eigenvalue weighted by Crippen LogP contribution is -1.96. The molecule has 4 rings (SSSR count). The molecule has 3 nitrogen and oxygen atoms in total. The molecule has 0 amide bonds. The topological polar surface area (TPSA) is 37.8 Å². The molecule has 0 bridgehead atoms. The van der Waals surface area contributed by atoms with Gasteiger partial charge >= 0.3 is 0 Å². The molecular weight excluding hydrogens is 258 g/mol. The summed E-state index contributed by atoms with van der Waals surface area (Å²) in [7, 11) is 0. The van der Waals surface area contributed by atoms with Crippen LogP contribution < -0.4 is 5.32 Å². The molecule has 21 heavy (non-hydrogen) atoms. The standard InChI is InChI=1S/C18H13N3/c1-3-9-15-13(7-1)18(21-17-11-5-6-12-19-17)14-8-2-4-10-16(14)20-15/h1-12H,(H,19,20,21). The number of hydrogen-bond donors (Lipinski definition) is 1. The summed E-state index contributed by atoms with van der Waals surface area (Å²) in [6, 6.07) is 22.2. The molecule has 4 aromatic rings. The molecule has 0 aliphatic rings. The molecule has 3 heteroatoms. The maximum absolute atomic E-state index is 4.72. The molecule has 0 fully saturated rings. The molecule has 0 radical (unpaired) electrons. The van der Waals surface area contributed by atoms with Gasteiger partial charge in [0.1, 0.15) is 5.82 Å². The van der Waals surface area contributed by atoms with E-state index in [1.165, 1.54) is 0 Å². The van der Waals surface area contributed by atoms with Crippen molar-refractivity contribution in [2.45, 2.75) is 0 Å². The minimum atomic E-state index is 0.832. The van der Waals surface area contributed by atoms with E-state index in [1.807, 2.05) is 54.6 Å². The smallest absolute Gasteiger partial charge is 0.130 e. The first-order valence-electron chi connectivity index (χ1n) is 6.87. The first kappa shape index (κ1) is 11.9. The minimum Gasteiger partial charge on any atom is -0.339 e. The van der Waals surface area contributed by atoms with Gasteiger partial charge in [-0.3, -0.25) is 0 Å². The van der Waals surface area contributed by atoms with Gasteiger partial charge in [-0.2, -0.15) is 0 Å². The summed E-state index contributed by atoms with van der Waals surface area (Å²) in [5, 5.41) is 5.64. The van der Waals surface area contributed by atoms with Gasteiger partial charge in [-0.1, -0.05) is 42.5 Å². The predicted molar refractivity (Wildman–Crippen MR) is 86.8 cm³/mol. The molecular formula is C18H13N3. The van der Waals surface area contributed by atoms with E-state index >= 15 is 0 Å². The molecule has 2 aromatic heterocycles. The molecule has 0 saturated heterocycles. The van der Waals surface area contributed by atoms with Crippen molar-refractivity contribution in [3.63, 3.8) is 0 Å². The Morgan fingerprint density at radius 2 is 1.29 bits per heavy atom. The van der Waals surface area contributed by atoms with E-state index in [9.17, 15) is 0 Å². The average molecular weight is 271 g/mol. The number of fused-ring (bicyclic) bond motifs is 2. The lowest BCUT2D eigenvalue weighted by Gasteiger charge is -2.12. The summed E-state index contributed by atoms with van der Waals surface area (Å²) in [4.78, 5) is 9.08. The Bertz CT molecular complexity index is 863. The molecule has 2 aromatic carbocycles. The number of anilines is 2. The van der Waals surface area contributed by atoms with E-state index in [4.69, 9.17) is 4.98 Å². The molecule has 0 atom stereocenters. The van der Waals surface area contributed by atoms with Crippen LogP contribution in [0.15, 0.2) is 72.9 Å². The number of nitrogens with zero attached hydrogens (tertiary/aromatic N) is 2. The van der Waals surface area contributed by atoms with E-state index in [0.29, 0.717) is 0 Å². The zero-order valence-corrected chi connectivity index (χ0v) is 11.3. The van der Waals surface area contributed by atoms with Crippen LogP contribution in [0.4, 0.5) is 11.5 Å². The lowest BCUT2D eigenvalue weighted by atomic mass is 10.1. The Kier molecular flexibility index (Phi) is 2.75. The van der Waals surface area contributed by atoms with Gasteiger partial charge in [0.2, 0.25) is 0 Å². The number of para-hydroxylation sites is 2. The molecule has 100 valence electrons. The van der Waals surface area contributed by atoms with E-state index in [2.05, 4.69) is 22.4 Å². The van der Waals surface area contributed by atoms with E-state index in [1.54, 1.807) is 6.20 Å². The predicted octanol–water partition coefficient (Wildman–Crippen LogP) is 4.53. The summed E-state index contributed by atoms with van der Waals surface area (Å²) >= 11 is 0. The highest BCUT2D eigenvalue weighted by Crippen LogP contribution is 2.32. The number of benzene rings is 2. The van der Waals surface area contributed by atoms with Crippen LogP contribution in [0.5, 0.6) is 0 Å². The summed E-state index contributed by atoms with van der Waals surface area (Å²) in [6.07, 6.45) is 1.79. The van der Waals surface area contributed by atoms with Gasteiger partial charge in [-0.15, -0.1) is 0 Å². The Labute approximate surface area is 122 Å². The summed E-state index contributed by atoms with van der Waals surface area (Å²) in [5.41, 5.74) is 3.01. The van der Waals surface area contributed by atoms with Crippen LogP contribution in [-0.2, 0) is 0 Å². The van der Waals surface area contributed by atoms with Crippen LogP contribution >= 0.6 is 0 Å². The molecule has 0 aliphatic carbocycles. The van der Waals surface area contributed by atoms with Crippen molar-refractivity contribution >= 4 is 33.3 Å². The third kappa shape index (κ3) is 2.09. The van der Waals surface area contributed by atoms with Crippen LogP contribution in [0.1, 0.15) is 0 Å². The summed E-state index contributed by atoms with van der Waals surface area (Å²) in [6.45, 7) is 0. The molecule has 0 spiro atoms. The number of rotatable bonds is 2. The first-order valence-corrected chi connectivity index (χ1v) is 6.87. The highest BCUT2D eigenvalue weighted by atomic mass is 15.0. The van der Waals surface area contributed by atoms with Crippen LogP contribution in [-0.4, -0.2) is 9.97 Å². The molecule has 0 unspecified atom stereocenters. The third-order valence-corrected chi connectivity index (χ3v) is 3.51. The van der Waals surface area contributed by atoms with E-state index < -0.39 is 0 Å². The Hall–Kier alpha value is -2.94. The summed E-state index contributed by atoms with van der Waals surface area (Å²) in [5.74, 6) is 0.832. The Morgan fingerprint density at radius 1 is 0.667 bits per heavy atom. The molecule has 0 aliphatic heterocycles. The van der Waals surface area contributed by atoms with Gasteiger partial charge in [0.25, 0.3) is 0 Å². The fourth-order valence-corrected chi connectivity index (χ4v) is 2.54. The molecule has 0 saturated carbocycles. The van der Waals surface area contributed by atoms with Crippen LogP contribution in [0.25, 0.3) is 21.8 Å². The number of hydrogen-bond acceptors (Lipinski definition) is 3. The second kappa shape index (κ2) is 4.87. The van der Waals surface area contributed by atoms with Crippen LogP contribution in [0.2, 0.25) is 0 Å². The van der Waals surface area contributed by atoms with Crippen LogP contribution in [0.3, 0.4) is 0 Å². The van der Waals surface area contributed by atoms with Gasteiger partial charge in [0.05, 0.1) is 16.7 Å². The van der Waals surface area contributed by atoms with Crippen molar-refractivity contribution in [3.05, 3.63) is 72.9 Å². The fraction of sp³-hybridized carbons (Fsp3) is 0. The zero-order valence-electron chi connectivity index (χ0n) is 11.3. The van der Waals surface area contributed by atoms with Gasteiger partial charge in [-0.25, -0.2) is 9.97 Å². The van der Waals surface area contributed by atoms with Crippen molar-refractivity contribution in [2.24, 2.45) is 0 Å². The maximum Gasteiger partial charge on any atom is 0.130 e. The first-order chi connectivity index (χ1) is 10.4. The third-order valence-electron chi connectivity index (χ3n) is 3.51. The van der Waals surface area contributed by atoms with Crippen molar-refractivity contribution in [1.29, 1.82) is 0 Å². The van der Waals surface area contributed by atoms with Gasteiger partial charge < -0.3 is 5.32 Å². The second-order valence-electron chi connectivity index (χ2n) is 4.86. The quantitative estimate of drug-likeness (QED) is 0.544. The normalized spacial score (nSPS) is 10.9. The van der Waals surface area contributed by atoms with Crippen molar-refractivity contribution in [2.75, 3.05) is 5.32 Å². The number of nitrogens with one attached hydrogen (secondary N) is 1. The zero-order chi connectivity index (χ0) is 14.1. The highest BCUT2D eigenvalue weighted by Gasteiger charge is 2.08. The van der Waals surface area contributed by atoms with Crippen molar-refractivity contribution in [1.82, 2.24) is 9.97 Å². The molecule has 2 heterocycles. The van der Waals surface area contributed by atoms with Gasteiger partial charge in [-0.05, 0) is 24.3 Å². The SMILES string of the molecule is c1ccc(Nc2c3ccccc3nc3ccccc23)nc1. The Balaban J connectivity index is 2.02. The Morgan fingerprint density at radius 3 is 1.90 bits per heavy atom. The largest absolute Gasteiger partial charge is 0.339 e. The maximum atomic E-state index is 4.72. The van der Waals surface area contributed by atoms with Gasteiger partial charge in [0.15, 0.2) is 0 Å². The lowest BCUT2D eigenvalue weighted by molar-refractivity contribution is 1.31. The minimum absolute atomic E-state index is 0.832. The number of aromatic nitrogens is 2. The highest BCUT2D eigenvalue weighted by molar-refractivity contribution is 6.08. The van der Waals surface area contributed by atoms with Crippen LogP contribution in [0, 0.1) is 0 Å². The van der Waals surface area contributed by atoms with Gasteiger partial charge in [0, 0.05) is 17.0 Å². The summed E-state index contributed by atoms with van der Waals surface area (Å²) < 4.78 is 0. The number of pyridine rings is 2. The second-order valence-corrected chi connectivity index (χ2v) is 4.86.